The maximum absolute atomic E-state index is 2.56. The predicted octanol–water partition coefficient (Wildman–Crippen LogP) is 0.459. The molecule has 0 unspecified atom stereocenters. The summed E-state index contributed by atoms with van der Waals surface area (Å²) in [5.41, 5.74) is 7.13. The van der Waals surface area contributed by atoms with Crippen LogP contribution in [0.1, 0.15) is 85.5 Å². The molecular weight excluding hydrogens is 385 g/mol. The van der Waals surface area contributed by atoms with E-state index in [1.165, 1.54) is 64.3 Å². The fourth-order valence-electron chi connectivity index (χ4n) is 4.09. The first-order chi connectivity index (χ1) is 11.0. The van der Waals surface area contributed by atoms with Crippen molar-refractivity contribution in [2.75, 3.05) is 20.6 Å². The fraction of sp³-hybridized carbons (Fsp3) is 0.810. The Balaban J connectivity index is 0. The van der Waals surface area contributed by atoms with Gasteiger partial charge in [-0.2, -0.15) is 0 Å². The first-order valence-electron chi connectivity index (χ1n) is 9.81. The maximum atomic E-state index is 2.56. The molecule has 0 aromatic heterocycles. The number of nitrogens with zero attached hydrogens (tertiary/aromatic N) is 1. The van der Waals surface area contributed by atoms with Crippen LogP contribution in [-0.4, -0.2) is 25.5 Å². The molecule has 1 aliphatic carbocycles. The van der Waals surface area contributed by atoms with Gasteiger partial charge in [0.15, 0.2) is 0 Å². The second-order valence-corrected chi connectivity index (χ2v) is 8.71. The second-order valence-electron chi connectivity index (χ2n) is 7.37. The number of hydrogen-bond donors (Lipinski definition) is 0. The van der Waals surface area contributed by atoms with Crippen LogP contribution < -0.4 is 24.8 Å². The first kappa shape index (κ1) is 27.9. The van der Waals surface area contributed by atoms with Crippen molar-refractivity contribution in [2.45, 2.75) is 89.2 Å². The van der Waals surface area contributed by atoms with Gasteiger partial charge in [-0.1, -0.05) is 0 Å². The Morgan fingerprint density at radius 1 is 0.720 bits per heavy atom. The van der Waals surface area contributed by atoms with Gasteiger partial charge in [0.05, 0.1) is 0 Å². The molecule has 0 N–H and O–H groups in total. The standard InChI is InChI=1S/C21H38N.2ClH.Ti/c1-7-11-17-18(12-8-2)20(14-10-4)21(15-16-22(5)6)19(17)13-9-3;;;/h7-16H2,1-6H3;2*1H;/q;;;+2/p-2. The van der Waals surface area contributed by atoms with E-state index in [1.54, 1.807) is 22.3 Å². The second kappa shape index (κ2) is 13.8. The number of halogens is 2. The topological polar surface area (TPSA) is 3.24 Å². The zero-order chi connectivity index (χ0) is 17.5. The van der Waals surface area contributed by atoms with Crippen LogP contribution in [0.5, 0.6) is 0 Å². The molecule has 0 radical (unpaired) electrons. The third kappa shape index (κ3) is 7.00. The first-order valence-corrected chi connectivity index (χ1v) is 10.6. The quantitative estimate of drug-likeness (QED) is 0.437. The Morgan fingerprint density at radius 3 is 1.36 bits per heavy atom. The molecule has 25 heavy (non-hydrogen) atoms. The molecule has 0 aromatic rings. The number of hydrogen-bond acceptors (Lipinski definition) is 1. The molecule has 0 amide bonds. The van der Waals surface area contributed by atoms with Crippen LogP contribution in [0.4, 0.5) is 0 Å². The summed E-state index contributed by atoms with van der Waals surface area (Å²) in [7, 11) is 4.43. The van der Waals surface area contributed by atoms with Crippen molar-refractivity contribution >= 4 is 0 Å². The van der Waals surface area contributed by atoms with Gasteiger partial charge in [0.25, 0.3) is 0 Å². The molecule has 0 spiro atoms. The van der Waals surface area contributed by atoms with Gasteiger partial charge in [0, 0.05) is 0 Å². The van der Waals surface area contributed by atoms with Crippen LogP contribution in [0.2, 0.25) is 3.72 Å². The molecule has 0 heterocycles. The molecule has 1 aliphatic rings. The van der Waals surface area contributed by atoms with Gasteiger partial charge >= 0.3 is 157 Å². The van der Waals surface area contributed by atoms with Crippen LogP contribution in [0, 0.1) is 0 Å². The molecule has 145 valence electrons. The summed E-state index contributed by atoms with van der Waals surface area (Å²) in [6.07, 6.45) is 11.5. The molecule has 0 aliphatic heterocycles. The summed E-state index contributed by atoms with van der Waals surface area (Å²) in [6.45, 7) is 10.6. The van der Waals surface area contributed by atoms with Crippen LogP contribution >= 0.6 is 0 Å². The van der Waals surface area contributed by atoms with E-state index in [0.29, 0.717) is 3.72 Å². The van der Waals surface area contributed by atoms with Crippen LogP contribution in [-0.2, 0) is 20.4 Å². The van der Waals surface area contributed by atoms with Crippen LogP contribution in [0.3, 0.4) is 0 Å². The molecule has 1 rings (SSSR count). The van der Waals surface area contributed by atoms with E-state index in [2.05, 4.69) is 67.1 Å². The molecule has 4 heteroatoms. The van der Waals surface area contributed by atoms with E-state index in [1.807, 2.05) is 0 Å². The van der Waals surface area contributed by atoms with Gasteiger partial charge in [-0.05, 0) is 0 Å². The van der Waals surface area contributed by atoms with E-state index in [4.69, 9.17) is 0 Å². The van der Waals surface area contributed by atoms with Gasteiger partial charge in [0.1, 0.15) is 0 Å². The van der Waals surface area contributed by atoms with Gasteiger partial charge in [0.2, 0.25) is 0 Å². The summed E-state index contributed by atoms with van der Waals surface area (Å²) in [4.78, 5) is 2.36. The summed E-state index contributed by atoms with van der Waals surface area (Å²) >= 11 is 2.56. The fourth-order valence-corrected chi connectivity index (χ4v) is 5.12. The van der Waals surface area contributed by atoms with E-state index in [9.17, 15) is 0 Å². The summed E-state index contributed by atoms with van der Waals surface area (Å²) in [5.74, 6) is 0. The van der Waals surface area contributed by atoms with Gasteiger partial charge in [-0.15, -0.1) is 0 Å². The van der Waals surface area contributed by atoms with Gasteiger partial charge in [-0.3, -0.25) is 0 Å². The molecular formula is C21H38Cl2NTi. The number of allylic oxidation sites excluding steroid dienone is 4. The summed E-state index contributed by atoms with van der Waals surface area (Å²) < 4.78 is 0.325. The Hall–Kier alpha value is 0.734. The van der Waals surface area contributed by atoms with Crippen LogP contribution in [0.15, 0.2) is 22.3 Å². The van der Waals surface area contributed by atoms with Crippen molar-refractivity contribution in [3.05, 3.63) is 22.3 Å². The summed E-state index contributed by atoms with van der Waals surface area (Å²) in [5, 5.41) is 0. The van der Waals surface area contributed by atoms with Crippen molar-refractivity contribution in [1.82, 2.24) is 4.90 Å². The average Bonchev–Trinajstić information content (AvgIpc) is 2.71. The van der Waals surface area contributed by atoms with Crippen molar-refractivity contribution in [2.24, 2.45) is 0 Å². The summed E-state index contributed by atoms with van der Waals surface area (Å²) in [6, 6.07) is 0. The van der Waals surface area contributed by atoms with Crippen LogP contribution in [0.25, 0.3) is 0 Å². The Labute approximate surface area is 181 Å². The molecule has 0 bridgehead atoms. The van der Waals surface area contributed by atoms with Crippen molar-refractivity contribution in [3.63, 3.8) is 0 Å². The maximum Gasteiger partial charge on any atom is -1.00 e. The largest absolute Gasteiger partial charge is 1.00 e. The van der Waals surface area contributed by atoms with Crippen molar-refractivity contribution in [1.29, 1.82) is 0 Å². The zero-order valence-corrected chi connectivity index (χ0v) is 20.3. The minimum absolute atomic E-state index is 0. The Morgan fingerprint density at radius 2 is 1.08 bits per heavy atom. The molecule has 0 saturated carbocycles. The molecule has 0 saturated heterocycles. The average molecular weight is 423 g/mol. The van der Waals surface area contributed by atoms with Gasteiger partial charge < -0.3 is 24.8 Å². The molecule has 1 nitrogen and oxygen atoms in total. The smallest absolute Gasteiger partial charge is 1.00 e. The monoisotopic (exact) mass is 422 g/mol. The minimum Gasteiger partial charge on any atom is -1.00 e. The molecule has 0 aromatic carbocycles. The predicted molar refractivity (Wildman–Crippen MR) is 99.5 cm³/mol. The van der Waals surface area contributed by atoms with E-state index in [-0.39, 0.29) is 24.8 Å². The Kier molecular flexibility index (Phi) is 15.5. The van der Waals surface area contributed by atoms with Crippen molar-refractivity contribution in [3.8, 4) is 0 Å². The van der Waals surface area contributed by atoms with E-state index in [0.717, 1.165) is 0 Å². The molecule has 0 fully saturated rings. The third-order valence-electron chi connectivity index (χ3n) is 5.06. The zero-order valence-electron chi connectivity index (χ0n) is 17.3. The van der Waals surface area contributed by atoms with Gasteiger partial charge in [-0.25, -0.2) is 0 Å². The van der Waals surface area contributed by atoms with E-state index < -0.39 is 0 Å². The normalized spacial score (nSPS) is 16.4. The van der Waals surface area contributed by atoms with E-state index >= 15 is 0 Å². The number of rotatable bonds is 11. The SMILES string of the molecule is CCCC1=C(CCC)[C]([Ti+2])(CCN(C)C)C(CCC)=C1CCC.[Cl-].[Cl-]. The minimum atomic E-state index is 0. The third-order valence-corrected chi connectivity index (χ3v) is 6.39. The Bertz CT molecular complexity index is 409. The molecule has 0 atom stereocenters. The van der Waals surface area contributed by atoms with Crippen molar-refractivity contribution < 1.29 is 45.2 Å².